The van der Waals surface area contributed by atoms with Crippen molar-refractivity contribution >= 4 is 0 Å². The molecule has 1 saturated carbocycles. The van der Waals surface area contributed by atoms with E-state index in [0.29, 0.717) is 0 Å². The lowest BCUT2D eigenvalue weighted by atomic mass is 9.65. The second-order valence-electron chi connectivity index (χ2n) is 11.5. The second kappa shape index (κ2) is 8.92. The quantitative estimate of drug-likeness (QED) is 0.560. The molecule has 0 saturated heterocycles. The SMILES string of the molecule is CC(C)(CC1(N(C(C)(C)C)C(C)(C)C)CCCCC1)C(N)CCCCN. The molecule has 0 aromatic heterocycles. The van der Waals surface area contributed by atoms with Gasteiger partial charge in [0.2, 0.25) is 0 Å². The van der Waals surface area contributed by atoms with E-state index in [1.54, 1.807) is 0 Å². The minimum Gasteiger partial charge on any atom is -0.330 e. The van der Waals surface area contributed by atoms with E-state index in [1.165, 1.54) is 38.5 Å². The molecule has 0 amide bonds. The molecule has 0 bridgehead atoms. The average molecular weight is 368 g/mol. The van der Waals surface area contributed by atoms with Crippen molar-refractivity contribution in [1.82, 2.24) is 4.90 Å². The molecule has 0 radical (unpaired) electrons. The fourth-order valence-corrected chi connectivity index (χ4v) is 6.00. The van der Waals surface area contributed by atoms with Crippen LogP contribution in [0.4, 0.5) is 0 Å². The molecule has 1 unspecified atom stereocenters. The van der Waals surface area contributed by atoms with Gasteiger partial charge in [-0.25, -0.2) is 0 Å². The van der Waals surface area contributed by atoms with E-state index in [9.17, 15) is 0 Å². The topological polar surface area (TPSA) is 55.3 Å². The molecule has 26 heavy (non-hydrogen) atoms. The summed E-state index contributed by atoms with van der Waals surface area (Å²) in [5, 5.41) is 0. The van der Waals surface area contributed by atoms with Gasteiger partial charge in [0.1, 0.15) is 0 Å². The zero-order valence-electron chi connectivity index (χ0n) is 19.3. The first kappa shape index (κ1) is 23.9. The van der Waals surface area contributed by atoms with E-state index in [2.05, 4.69) is 60.3 Å². The molecule has 1 aliphatic rings. The predicted molar refractivity (Wildman–Crippen MR) is 116 cm³/mol. The van der Waals surface area contributed by atoms with Crippen LogP contribution < -0.4 is 11.5 Å². The van der Waals surface area contributed by atoms with Crippen LogP contribution in [0.25, 0.3) is 0 Å². The Bertz CT molecular complexity index is 394. The summed E-state index contributed by atoms with van der Waals surface area (Å²) in [6, 6.07) is 0.245. The van der Waals surface area contributed by atoms with Crippen molar-refractivity contribution in [3.8, 4) is 0 Å². The monoisotopic (exact) mass is 367 g/mol. The van der Waals surface area contributed by atoms with Gasteiger partial charge >= 0.3 is 0 Å². The Hall–Kier alpha value is -0.120. The zero-order chi connectivity index (χ0) is 20.2. The Morgan fingerprint density at radius 1 is 0.846 bits per heavy atom. The smallest absolute Gasteiger partial charge is 0.0225 e. The van der Waals surface area contributed by atoms with Gasteiger partial charge in [-0.1, -0.05) is 39.5 Å². The van der Waals surface area contributed by atoms with Crippen molar-refractivity contribution in [2.75, 3.05) is 6.54 Å². The van der Waals surface area contributed by atoms with Gasteiger partial charge in [0.25, 0.3) is 0 Å². The van der Waals surface area contributed by atoms with Crippen molar-refractivity contribution < 1.29 is 0 Å². The summed E-state index contributed by atoms with van der Waals surface area (Å²) in [6.45, 7) is 19.9. The van der Waals surface area contributed by atoms with Crippen LogP contribution in [-0.4, -0.2) is 34.1 Å². The maximum Gasteiger partial charge on any atom is 0.0225 e. The summed E-state index contributed by atoms with van der Waals surface area (Å²) in [5.41, 5.74) is 13.1. The van der Waals surface area contributed by atoms with Gasteiger partial charge in [-0.05, 0) is 85.6 Å². The van der Waals surface area contributed by atoms with Gasteiger partial charge in [-0.3, -0.25) is 4.90 Å². The minimum absolute atomic E-state index is 0.140. The molecule has 3 nitrogen and oxygen atoms in total. The Labute approximate surface area is 164 Å². The first-order valence-corrected chi connectivity index (χ1v) is 11.0. The van der Waals surface area contributed by atoms with Crippen molar-refractivity contribution in [3.05, 3.63) is 0 Å². The molecule has 1 fully saturated rings. The highest BCUT2D eigenvalue weighted by molar-refractivity contribution is 5.06. The lowest BCUT2D eigenvalue weighted by molar-refractivity contribution is -0.104. The van der Waals surface area contributed by atoms with Crippen LogP contribution in [0.15, 0.2) is 0 Å². The number of nitrogens with zero attached hydrogens (tertiary/aromatic N) is 1. The summed E-state index contributed by atoms with van der Waals surface area (Å²) >= 11 is 0. The van der Waals surface area contributed by atoms with Crippen molar-refractivity contribution in [2.45, 2.75) is 136 Å². The van der Waals surface area contributed by atoms with Gasteiger partial charge in [-0.15, -0.1) is 0 Å². The Balaban J connectivity index is 3.15. The van der Waals surface area contributed by atoms with Gasteiger partial charge < -0.3 is 11.5 Å². The van der Waals surface area contributed by atoms with Crippen LogP contribution in [0.5, 0.6) is 0 Å². The molecule has 0 spiro atoms. The molecule has 156 valence electrons. The lowest BCUT2D eigenvalue weighted by Crippen LogP contribution is -2.66. The van der Waals surface area contributed by atoms with E-state index in [4.69, 9.17) is 11.5 Å². The molecule has 3 heteroatoms. The standard InChI is InChI=1S/C23H49N3/c1-20(2,3)26(21(4,5)6)23(15-11-9-12-16-23)18-22(7,8)19(25)14-10-13-17-24/h19H,9-18,24-25H2,1-8H3. The molecule has 0 aromatic carbocycles. The molecule has 0 aliphatic heterocycles. The van der Waals surface area contributed by atoms with Crippen LogP contribution >= 0.6 is 0 Å². The first-order valence-electron chi connectivity index (χ1n) is 11.0. The lowest BCUT2D eigenvalue weighted by Gasteiger charge is -2.61. The van der Waals surface area contributed by atoms with E-state index >= 15 is 0 Å². The summed E-state index contributed by atoms with van der Waals surface area (Å²) in [6.07, 6.45) is 11.2. The summed E-state index contributed by atoms with van der Waals surface area (Å²) in [4.78, 5) is 2.85. The van der Waals surface area contributed by atoms with Gasteiger partial charge in [-0.2, -0.15) is 0 Å². The maximum absolute atomic E-state index is 6.73. The molecular formula is C23H49N3. The van der Waals surface area contributed by atoms with E-state index in [1.807, 2.05) is 0 Å². The van der Waals surface area contributed by atoms with Gasteiger partial charge in [0.05, 0.1) is 0 Å². The maximum atomic E-state index is 6.73. The van der Waals surface area contributed by atoms with Crippen LogP contribution in [0.2, 0.25) is 0 Å². The number of hydrogen-bond acceptors (Lipinski definition) is 3. The third-order valence-electron chi connectivity index (χ3n) is 6.36. The Morgan fingerprint density at radius 2 is 1.35 bits per heavy atom. The summed E-state index contributed by atoms with van der Waals surface area (Å²) < 4.78 is 0. The Kier molecular flexibility index (Phi) is 8.21. The molecular weight excluding hydrogens is 318 g/mol. The number of rotatable bonds is 8. The van der Waals surface area contributed by atoms with Gasteiger partial charge in [0, 0.05) is 22.7 Å². The van der Waals surface area contributed by atoms with Crippen molar-refractivity contribution in [2.24, 2.45) is 16.9 Å². The highest BCUT2D eigenvalue weighted by Crippen LogP contribution is 2.49. The highest BCUT2D eigenvalue weighted by Gasteiger charge is 2.50. The molecule has 4 N–H and O–H groups in total. The summed E-state index contributed by atoms with van der Waals surface area (Å²) in [5.74, 6) is 0. The third-order valence-corrected chi connectivity index (χ3v) is 6.36. The highest BCUT2D eigenvalue weighted by atomic mass is 15.3. The normalized spacial score (nSPS) is 20.4. The van der Waals surface area contributed by atoms with Crippen LogP contribution in [0.3, 0.4) is 0 Å². The number of nitrogens with two attached hydrogens (primary N) is 2. The molecule has 1 aliphatic carbocycles. The fraction of sp³-hybridized carbons (Fsp3) is 1.00. The van der Waals surface area contributed by atoms with Crippen LogP contribution in [0.1, 0.15) is 113 Å². The summed E-state index contributed by atoms with van der Waals surface area (Å²) in [7, 11) is 0. The zero-order valence-corrected chi connectivity index (χ0v) is 19.3. The molecule has 1 atom stereocenters. The van der Waals surface area contributed by atoms with Crippen molar-refractivity contribution in [1.29, 1.82) is 0 Å². The minimum atomic E-state index is 0.140. The third kappa shape index (κ3) is 6.21. The van der Waals surface area contributed by atoms with Crippen LogP contribution in [0, 0.1) is 5.41 Å². The predicted octanol–water partition coefficient (Wildman–Crippen LogP) is 5.46. The Morgan fingerprint density at radius 3 is 1.77 bits per heavy atom. The van der Waals surface area contributed by atoms with Crippen LogP contribution in [-0.2, 0) is 0 Å². The number of hydrogen-bond donors (Lipinski definition) is 2. The van der Waals surface area contributed by atoms with E-state index < -0.39 is 0 Å². The van der Waals surface area contributed by atoms with Gasteiger partial charge in [0.15, 0.2) is 0 Å². The molecule has 0 aromatic rings. The molecule has 1 rings (SSSR count). The second-order valence-corrected chi connectivity index (χ2v) is 11.5. The first-order chi connectivity index (χ1) is 11.8. The largest absolute Gasteiger partial charge is 0.330 e. The van der Waals surface area contributed by atoms with Crippen molar-refractivity contribution in [3.63, 3.8) is 0 Å². The van der Waals surface area contributed by atoms with E-state index in [0.717, 1.165) is 25.8 Å². The average Bonchev–Trinajstić information content (AvgIpc) is 2.44. The number of unbranched alkanes of at least 4 members (excludes halogenated alkanes) is 1. The fourth-order valence-electron chi connectivity index (χ4n) is 6.00. The van der Waals surface area contributed by atoms with E-state index in [-0.39, 0.29) is 28.1 Å². The molecule has 0 heterocycles.